The van der Waals surface area contributed by atoms with Crippen molar-refractivity contribution in [3.8, 4) is 5.69 Å². The highest BCUT2D eigenvalue weighted by Gasteiger charge is 2.15. The number of anilines is 1. The smallest absolute Gasteiger partial charge is 0.218 e. The Hall–Kier alpha value is -2.43. The van der Waals surface area contributed by atoms with Crippen LogP contribution in [0.4, 0.5) is 5.69 Å². The highest BCUT2D eigenvalue weighted by Crippen LogP contribution is 2.27. The van der Waals surface area contributed by atoms with Gasteiger partial charge in [-0.05, 0) is 18.2 Å². The van der Waals surface area contributed by atoms with Gasteiger partial charge in [-0.2, -0.15) is 0 Å². The van der Waals surface area contributed by atoms with Gasteiger partial charge in [0.15, 0.2) is 5.82 Å². The zero-order valence-corrected chi connectivity index (χ0v) is 8.32. The fourth-order valence-corrected chi connectivity index (χ4v) is 1.75. The molecule has 5 heteroatoms. The van der Waals surface area contributed by atoms with E-state index in [1.165, 1.54) is 4.90 Å². The molecule has 2 heterocycles. The maximum Gasteiger partial charge on any atom is 0.218 e. The van der Waals surface area contributed by atoms with Gasteiger partial charge in [-0.3, -0.25) is 14.3 Å². The third kappa shape index (κ3) is 1.15. The van der Waals surface area contributed by atoms with Crippen LogP contribution in [0.3, 0.4) is 0 Å². The summed E-state index contributed by atoms with van der Waals surface area (Å²) >= 11 is 0. The minimum atomic E-state index is 0.705. The summed E-state index contributed by atoms with van der Waals surface area (Å²) in [4.78, 5) is 12.5. The average Bonchev–Trinajstić information content (AvgIpc) is 2.73. The fourth-order valence-electron chi connectivity index (χ4n) is 1.75. The predicted octanol–water partition coefficient (Wildman–Crippen LogP) is 1.21. The Labute approximate surface area is 91.6 Å². The maximum absolute atomic E-state index is 11.0. The van der Waals surface area contributed by atoms with E-state index in [0.717, 1.165) is 17.8 Å². The number of fused-ring (bicyclic) bond motifs is 3. The number of hydrogen-bond acceptors (Lipinski definition) is 3. The van der Waals surface area contributed by atoms with Crippen molar-refractivity contribution in [2.75, 3.05) is 4.90 Å². The van der Waals surface area contributed by atoms with E-state index in [-0.39, 0.29) is 0 Å². The van der Waals surface area contributed by atoms with Gasteiger partial charge in [0.05, 0.1) is 11.4 Å². The number of rotatable bonds is 1. The number of nitrogens with zero attached hydrogens (tertiary/aromatic N) is 4. The standard InChI is InChI=1S/C11H8N4O/c16-8-14-6-5-11-13-12-7-15(11)10-4-2-1-3-9(10)14/h1-8H. The molecule has 5 nitrogen and oxygen atoms in total. The molecule has 1 amide bonds. The van der Waals surface area contributed by atoms with E-state index in [0.29, 0.717) is 5.82 Å². The summed E-state index contributed by atoms with van der Waals surface area (Å²) in [5, 5.41) is 7.82. The van der Waals surface area contributed by atoms with E-state index >= 15 is 0 Å². The third-order valence-corrected chi connectivity index (χ3v) is 2.49. The highest BCUT2D eigenvalue weighted by atomic mass is 16.1. The topological polar surface area (TPSA) is 51.0 Å². The van der Waals surface area contributed by atoms with Gasteiger partial charge in [-0.15, -0.1) is 10.2 Å². The van der Waals surface area contributed by atoms with Crippen LogP contribution in [-0.4, -0.2) is 21.2 Å². The molecule has 3 rings (SSSR count). The number of benzene rings is 1. The van der Waals surface area contributed by atoms with Gasteiger partial charge in [0.2, 0.25) is 6.41 Å². The van der Waals surface area contributed by atoms with Crippen molar-refractivity contribution in [1.82, 2.24) is 14.8 Å². The SMILES string of the molecule is O=CN1C=Cc2nncn2-c2ccccc21. The number of aromatic nitrogens is 3. The second kappa shape index (κ2) is 3.30. The van der Waals surface area contributed by atoms with Gasteiger partial charge in [-0.1, -0.05) is 12.1 Å². The molecule has 0 aliphatic carbocycles. The lowest BCUT2D eigenvalue weighted by molar-refractivity contribution is -0.106. The molecule has 0 spiro atoms. The Kier molecular flexibility index (Phi) is 1.83. The number of hydrogen-bond donors (Lipinski definition) is 0. The number of para-hydroxylation sites is 2. The lowest BCUT2D eigenvalue weighted by atomic mass is 10.2. The predicted molar refractivity (Wildman–Crippen MR) is 58.9 cm³/mol. The first-order valence-electron chi connectivity index (χ1n) is 4.81. The van der Waals surface area contributed by atoms with E-state index in [4.69, 9.17) is 0 Å². The van der Waals surface area contributed by atoms with Crippen LogP contribution in [0.1, 0.15) is 5.82 Å². The fraction of sp³-hybridized carbons (Fsp3) is 0. The molecule has 1 aliphatic heterocycles. The zero-order valence-electron chi connectivity index (χ0n) is 8.32. The molecular formula is C11H8N4O. The summed E-state index contributed by atoms with van der Waals surface area (Å²) < 4.78 is 1.84. The lowest BCUT2D eigenvalue weighted by Gasteiger charge is -2.14. The molecule has 1 aromatic heterocycles. The largest absolute Gasteiger partial charge is 0.288 e. The van der Waals surface area contributed by atoms with Crippen LogP contribution in [-0.2, 0) is 4.79 Å². The molecule has 0 N–H and O–H groups in total. The molecule has 0 atom stereocenters. The first kappa shape index (κ1) is 8.84. The van der Waals surface area contributed by atoms with E-state index in [1.54, 1.807) is 18.6 Å². The lowest BCUT2D eigenvalue weighted by Crippen LogP contribution is -2.13. The zero-order chi connectivity index (χ0) is 11.0. The Bertz CT molecular complexity index is 573. The molecule has 0 saturated heterocycles. The summed E-state index contributed by atoms with van der Waals surface area (Å²) in [5.74, 6) is 0.705. The van der Waals surface area contributed by atoms with E-state index in [1.807, 2.05) is 28.8 Å². The molecule has 1 aliphatic rings. The normalized spacial score (nSPS) is 12.9. The molecule has 16 heavy (non-hydrogen) atoms. The van der Waals surface area contributed by atoms with Gasteiger partial charge in [0, 0.05) is 6.20 Å². The van der Waals surface area contributed by atoms with E-state index in [2.05, 4.69) is 10.2 Å². The van der Waals surface area contributed by atoms with Crippen molar-refractivity contribution in [3.63, 3.8) is 0 Å². The Balaban J connectivity index is 2.32. The minimum absolute atomic E-state index is 0.705. The number of carbonyl (C=O) groups is 1. The molecule has 1 aromatic carbocycles. The quantitative estimate of drug-likeness (QED) is 0.668. The van der Waals surface area contributed by atoms with Crippen LogP contribution in [0, 0.1) is 0 Å². The van der Waals surface area contributed by atoms with Gasteiger partial charge in [0.25, 0.3) is 0 Å². The first-order chi connectivity index (χ1) is 7.90. The van der Waals surface area contributed by atoms with Gasteiger partial charge in [-0.25, -0.2) is 0 Å². The summed E-state index contributed by atoms with van der Waals surface area (Å²) in [6.07, 6.45) is 5.84. The van der Waals surface area contributed by atoms with Gasteiger partial charge in [0.1, 0.15) is 6.33 Å². The van der Waals surface area contributed by atoms with Crippen LogP contribution < -0.4 is 4.90 Å². The van der Waals surface area contributed by atoms with Crippen molar-refractivity contribution in [3.05, 3.63) is 42.6 Å². The van der Waals surface area contributed by atoms with E-state index in [9.17, 15) is 4.79 Å². The van der Waals surface area contributed by atoms with Crippen LogP contribution in [0.25, 0.3) is 11.8 Å². The van der Waals surface area contributed by atoms with Crippen LogP contribution in [0.5, 0.6) is 0 Å². The Morgan fingerprint density at radius 2 is 2.00 bits per heavy atom. The molecule has 0 bridgehead atoms. The first-order valence-corrected chi connectivity index (χ1v) is 4.81. The Morgan fingerprint density at radius 1 is 1.19 bits per heavy atom. The molecule has 2 aromatic rings. The van der Waals surface area contributed by atoms with E-state index < -0.39 is 0 Å². The summed E-state index contributed by atoms with van der Waals surface area (Å²) in [6.45, 7) is 0. The highest BCUT2D eigenvalue weighted by molar-refractivity contribution is 5.85. The Morgan fingerprint density at radius 3 is 2.81 bits per heavy atom. The third-order valence-electron chi connectivity index (χ3n) is 2.49. The number of amides is 1. The van der Waals surface area contributed by atoms with Crippen LogP contribution >= 0.6 is 0 Å². The molecule has 78 valence electrons. The average molecular weight is 212 g/mol. The van der Waals surface area contributed by atoms with Crippen LogP contribution in [0.15, 0.2) is 36.8 Å². The molecule has 0 radical (unpaired) electrons. The van der Waals surface area contributed by atoms with Crippen molar-refractivity contribution in [2.24, 2.45) is 0 Å². The van der Waals surface area contributed by atoms with Crippen LogP contribution in [0.2, 0.25) is 0 Å². The number of carbonyl (C=O) groups excluding carboxylic acids is 1. The second-order valence-electron chi connectivity index (χ2n) is 3.38. The monoisotopic (exact) mass is 212 g/mol. The molecule has 0 saturated carbocycles. The second-order valence-corrected chi connectivity index (χ2v) is 3.38. The van der Waals surface area contributed by atoms with Crippen molar-refractivity contribution < 1.29 is 4.79 Å². The summed E-state index contributed by atoms with van der Waals surface area (Å²) in [5.41, 5.74) is 1.70. The molecule has 0 unspecified atom stereocenters. The van der Waals surface area contributed by atoms with Crippen molar-refractivity contribution >= 4 is 18.2 Å². The molecular weight excluding hydrogens is 204 g/mol. The van der Waals surface area contributed by atoms with Crippen molar-refractivity contribution in [2.45, 2.75) is 0 Å². The molecule has 0 fully saturated rings. The van der Waals surface area contributed by atoms with Crippen molar-refractivity contribution in [1.29, 1.82) is 0 Å². The summed E-state index contributed by atoms with van der Waals surface area (Å²) in [7, 11) is 0. The summed E-state index contributed by atoms with van der Waals surface area (Å²) in [6, 6.07) is 7.60. The van der Waals surface area contributed by atoms with Gasteiger partial charge >= 0.3 is 0 Å². The van der Waals surface area contributed by atoms with Gasteiger partial charge < -0.3 is 0 Å². The minimum Gasteiger partial charge on any atom is -0.288 e. The maximum atomic E-state index is 11.0.